The van der Waals surface area contributed by atoms with Gasteiger partial charge in [-0.15, -0.1) is 6.42 Å². The van der Waals surface area contributed by atoms with Crippen molar-refractivity contribution >= 4 is 17.6 Å². The normalized spacial score (nSPS) is 9.86. The summed E-state index contributed by atoms with van der Waals surface area (Å²) in [5.41, 5.74) is 1.04. The van der Waals surface area contributed by atoms with Crippen LogP contribution in [0.2, 0.25) is 5.02 Å². The van der Waals surface area contributed by atoms with E-state index in [0.717, 1.165) is 0 Å². The molecular weight excluding hydrogens is 307 g/mol. The molecule has 0 bridgehead atoms. The molecule has 0 aliphatic rings. The van der Waals surface area contributed by atoms with E-state index in [1.54, 1.807) is 30.3 Å². The molecule has 0 amide bonds. The molecule has 0 saturated heterocycles. The van der Waals surface area contributed by atoms with Gasteiger partial charge >= 0.3 is 5.97 Å². The second-order valence-electron chi connectivity index (χ2n) is 4.33. The molecular formula is C17H12ClFO3. The highest BCUT2D eigenvalue weighted by atomic mass is 35.5. The van der Waals surface area contributed by atoms with Crippen LogP contribution in [0.5, 0.6) is 5.75 Å². The van der Waals surface area contributed by atoms with Crippen molar-refractivity contribution < 1.29 is 18.7 Å². The number of hydrogen-bond acceptors (Lipinski definition) is 3. The van der Waals surface area contributed by atoms with Crippen LogP contribution in [0.4, 0.5) is 4.39 Å². The molecule has 0 saturated carbocycles. The van der Waals surface area contributed by atoms with Gasteiger partial charge in [0, 0.05) is 5.56 Å². The van der Waals surface area contributed by atoms with Gasteiger partial charge in [0.25, 0.3) is 0 Å². The molecule has 3 nitrogen and oxygen atoms in total. The molecule has 112 valence electrons. The highest BCUT2D eigenvalue weighted by molar-refractivity contribution is 6.31. The molecule has 0 radical (unpaired) electrons. The Morgan fingerprint density at radius 1 is 1.23 bits per heavy atom. The molecule has 0 atom stereocenters. The van der Waals surface area contributed by atoms with Crippen LogP contribution in [0.25, 0.3) is 0 Å². The Morgan fingerprint density at radius 2 is 1.95 bits per heavy atom. The summed E-state index contributed by atoms with van der Waals surface area (Å²) in [5.74, 6) is 1.88. The summed E-state index contributed by atoms with van der Waals surface area (Å²) in [6.07, 6.45) is 5.01. The first-order valence-electron chi connectivity index (χ1n) is 6.37. The van der Waals surface area contributed by atoms with E-state index in [-0.39, 0.29) is 13.2 Å². The van der Waals surface area contributed by atoms with Gasteiger partial charge in [0.15, 0.2) is 6.61 Å². The van der Waals surface area contributed by atoms with Gasteiger partial charge in [0.1, 0.15) is 18.2 Å². The molecule has 5 heteroatoms. The van der Waals surface area contributed by atoms with Crippen molar-refractivity contribution in [2.75, 3.05) is 6.61 Å². The molecule has 2 rings (SSSR count). The smallest absolute Gasteiger partial charge is 0.339 e. The third-order valence-electron chi connectivity index (χ3n) is 2.79. The maximum atomic E-state index is 12.9. The van der Waals surface area contributed by atoms with Crippen LogP contribution >= 0.6 is 11.6 Å². The fourth-order valence-corrected chi connectivity index (χ4v) is 1.90. The van der Waals surface area contributed by atoms with Gasteiger partial charge in [0.2, 0.25) is 0 Å². The van der Waals surface area contributed by atoms with E-state index in [2.05, 4.69) is 5.92 Å². The Kier molecular flexibility index (Phi) is 5.40. The summed E-state index contributed by atoms with van der Waals surface area (Å²) in [4.78, 5) is 11.6. The lowest BCUT2D eigenvalue weighted by atomic mass is 10.2. The molecule has 22 heavy (non-hydrogen) atoms. The maximum absolute atomic E-state index is 12.9. The van der Waals surface area contributed by atoms with Crippen LogP contribution in [0, 0.1) is 18.2 Å². The van der Waals surface area contributed by atoms with Crippen LogP contribution in [-0.2, 0) is 11.3 Å². The summed E-state index contributed by atoms with van der Waals surface area (Å²) in [5, 5.41) is 0.300. The van der Waals surface area contributed by atoms with Gasteiger partial charge in [-0.2, -0.15) is 0 Å². The Bertz CT molecular complexity index is 705. The number of ether oxygens (including phenoxy) is 2. The lowest BCUT2D eigenvalue weighted by Crippen LogP contribution is -2.05. The van der Waals surface area contributed by atoms with Gasteiger partial charge in [0.05, 0.1) is 10.6 Å². The standard InChI is InChI=1S/C17H12ClFO3/c1-2-9-21-17(20)12-4-7-15(8-5-12)22-11-13-3-6-14(19)10-16(13)18/h1,3-8,10H,9,11H2. The lowest BCUT2D eigenvalue weighted by Gasteiger charge is -2.08. The number of esters is 1. The van der Waals surface area contributed by atoms with E-state index < -0.39 is 11.8 Å². The molecule has 0 spiro atoms. The van der Waals surface area contributed by atoms with Crippen molar-refractivity contribution in [1.82, 2.24) is 0 Å². The van der Waals surface area contributed by atoms with E-state index in [0.29, 0.717) is 21.9 Å². The fraction of sp³-hybridized carbons (Fsp3) is 0.118. The average Bonchev–Trinajstić information content (AvgIpc) is 2.52. The zero-order valence-electron chi connectivity index (χ0n) is 11.5. The minimum absolute atomic E-state index is 0.0693. The number of benzene rings is 2. The summed E-state index contributed by atoms with van der Waals surface area (Å²) in [7, 11) is 0. The van der Waals surface area contributed by atoms with Crippen molar-refractivity contribution in [2.45, 2.75) is 6.61 Å². The SMILES string of the molecule is C#CCOC(=O)c1ccc(OCc2ccc(F)cc2Cl)cc1. The topological polar surface area (TPSA) is 35.5 Å². The van der Waals surface area contributed by atoms with E-state index in [1.807, 2.05) is 0 Å². The molecule has 2 aromatic rings. The second-order valence-corrected chi connectivity index (χ2v) is 4.74. The number of terminal acetylenes is 1. The summed E-state index contributed by atoms with van der Waals surface area (Å²) in [6.45, 7) is 0.125. The minimum atomic E-state index is -0.494. The molecule has 2 aromatic carbocycles. The van der Waals surface area contributed by atoms with Crippen LogP contribution < -0.4 is 4.74 Å². The lowest BCUT2D eigenvalue weighted by molar-refractivity contribution is 0.0556. The first kappa shape index (κ1) is 15.9. The van der Waals surface area contributed by atoms with Crippen molar-refractivity contribution in [1.29, 1.82) is 0 Å². The van der Waals surface area contributed by atoms with Gasteiger partial charge < -0.3 is 9.47 Å². The van der Waals surface area contributed by atoms with Crippen LogP contribution in [0.1, 0.15) is 15.9 Å². The van der Waals surface area contributed by atoms with E-state index in [4.69, 9.17) is 27.5 Å². The fourth-order valence-electron chi connectivity index (χ4n) is 1.68. The number of carbonyl (C=O) groups is 1. The monoisotopic (exact) mass is 318 g/mol. The number of hydrogen-bond donors (Lipinski definition) is 0. The number of halogens is 2. The van der Waals surface area contributed by atoms with Crippen molar-refractivity contribution in [2.24, 2.45) is 0 Å². The van der Waals surface area contributed by atoms with Crippen molar-refractivity contribution in [3.63, 3.8) is 0 Å². The first-order chi connectivity index (χ1) is 10.6. The van der Waals surface area contributed by atoms with Crippen LogP contribution in [-0.4, -0.2) is 12.6 Å². The maximum Gasteiger partial charge on any atom is 0.339 e. The molecule has 0 fully saturated rings. The van der Waals surface area contributed by atoms with E-state index in [9.17, 15) is 9.18 Å². The van der Waals surface area contributed by atoms with Gasteiger partial charge in [-0.3, -0.25) is 0 Å². The summed E-state index contributed by atoms with van der Waals surface area (Å²) < 4.78 is 23.3. The summed E-state index contributed by atoms with van der Waals surface area (Å²) >= 11 is 5.91. The van der Waals surface area contributed by atoms with Crippen LogP contribution in [0.15, 0.2) is 42.5 Å². The summed E-state index contributed by atoms with van der Waals surface area (Å²) in [6, 6.07) is 10.5. The number of rotatable bonds is 5. The van der Waals surface area contributed by atoms with Gasteiger partial charge in [-0.05, 0) is 36.4 Å². The zero-order chi connectivity index (χ0) is 15.9. The molecule has 0 unspecified atom stereocenters. The Hall–Kier alpha value is -2.51. The predicted octanol–water partition coefficient (Wildman–Crippen LogP) is 3.85. The molecule has 0 N–H and O–H groups in total. The Labute approximate surface area is 132 Å². The second kappa shape index (κ2) is 7.48. The predicted molar refractivity (Wildman–Crippen MR) is 81.3 cm³/mol. The Morgan fingerprint density at radius 3 is 2.59 bits per heavy atom. The molecule has 0 aliphatic heterocycles. The first-order valence-corrected chi connectivity index (χ1v) is 6.75. The van der Waals surface area contributed by atoms with Crippen molar-refractivity contribution in [3.8, 4) is 18.1 Å². The Balaban J connectivity index is 1.97. The highest BCUT2D eigenvalue weighted by Gasteiger charge is 2.07. The highest BCUT2D eigenvalue weighted by Crippen LogP contribution is 2.20. The largest absolute Gasteiger partial charge is 0.489 e. The molecule has 0 heterocycles. The van der Waals surface area contributed by atoms with Gasteiger partial charge in [-0.25, -0.2) is 9.18 Å². The van der Waals surface area contributed by atoms with Gasteiger partial charge in [-0.1, -0.05) is 23.6 Å². The van der Waals surface area contributed by atoms with Crippen molar-refractivity contribution in [3.05, 3.63) is 64.4 Å². The van der Waals surface area contributed by atoms with E-state index >= 15 is 0 Å². The minimum Gasteiger partial charge on any atom is -0.489 e. The third kappa shape index (κ3) is 4.24. The molecule has 0 aliphatic carbocycles. The zero-order valence-corrected chi connectivity index (χ0v) is 12.3. The van der Waals surface area contributed by atoms with Crippen LogP contribution in [0.3, 0.4) is 0 Å². The average molecular weight is 319 g/mol. The van der Waals surface area contributed by atoms with E-state index in [1.165, 1.54) is 12.1 Å². The quantitative estimate of drug-likeness (QED) is 0.620. The molecule has 0 aromatic heterocycles. The third-order valence-corrected chi connectivity index (χ3v) is 3.14. The number of carbonyl (C=O) groups excluding carboxylic acids is 1.